The van der Waals surface area contributed by atoms with Gasteiger partial charge in [0.1, 0.15) is 11.9 Å². The largest absolute Gasteiger partial charge is 0.399 e. The van der Waals surface area contributed by atoms with E-state index in [1.807, 2.05) is 24.3 Å². The Morgan fingerprint density at radius 3 is 2.75 bits per heavy atom. The molecule has 2 aromatic rings. The minimum atomic E-state index is 0.578. The van der Waals surface area contributed by atoms with Crippen molar-refractivity contribution >= 4 is 11.5 Å². The number of nitrogen functional groups attached to an aromatic ring is 1. The molecule has 4 heteroatoms. The van der Waals surface area contributed by atoms with Gasteiger partial charge in [0.25, 0.3) is 0 Å². The van der Waals surface area contributed by atoms with Crippen LogP contribution in [0.15, 0.2) is 42.6 Å². The van der Waals surface area contributed by atoms with Crippen molar-refractivity contribution < 1.29 is 0 Å². The van der Waals surface area contributed by atoms with Gasteiger partial charge in [0.15, 0.2) is 0 Å². The summed E-state index contributed by atoms with van der Waals surface area (Å²) in [7, 11) is 0. The van der Waals surface area contributed by atoms with Crippen LogP contribution in [0.1, 0.15) is 24.5 Å². The Morgan fingerprint density at radius 2 is 2.15 bits per heavy atom. The quantitative estimate of drug-likeness (QED) is 0.845. The number of aromatic nitrogens is 1. The van der Waals surface area contributed by atoms with E-state index >= 15 is 0 Å². The van der Waals surface area contributed by atoms with Crippen molar-refractivity contribution in [2.75, 3.05) is 17.2 Å². The van der Waals surface area contributed by atoms with Crippen LogP contribution in [0.3, 0.4) is 0 Å². The molecule has 0 unspecified atom stereocenters. The summed E-state index contributed by atoms with van der Waals surface area (Å²) in [6.07, 6.45) is 2.64. The van der Waals surface area contributed by atoms with Crippen molar-refractivity contribution in [1.29, 1.82) is 5.26 Å². The Balaban J connectivity index is 2.19. The minimum absolute atomic E-state index is 0.578. The normalized spacial score (nSPS) is 10.0. The van der Waals surface area contributed by atoms with Crippen molar-refractivity contribution in [1.82, 2.24) is 4.98 Å². The van der Waals surface area contributed by atoms with Crippen LogP contribution >= 0.6 is 0 Å². The van der Waals surface area contributed by atoms with Crippen LogP contribution in [0.5, 0.6) is 0 Å². The number of benzene rings is 1. The molecular weight excluding hydrogens is 248 g/mol. The van der Waals surface area contributed by atoms with Gasteiger partial charge in [-0.15, -0.1) is 0 Å². The highest BCUT2D eigenvalue weighted by Gasteiger charge is 2.08. The van der Waals surface area contributed by atoms with Gasteiger partial charge in [-0.3, -0.25) is 0 Å². The fourth-order valence-corrected chi connectivity index (χ4v) is 2.10. The van der Waals surface area contributed by atoms with E-state index in [-0.39, 0.29) is 0 Å². The summed E-state index contributed by atoms with van der Waals surface area (Å²) in [5, 5.41) is 8.82. The van der Waals surface area contributed by atoms with Gasteiger partial charge >= 0.3 is 0 Å². The van der Waals surface area contributed by atoms with Crippen LogP contribution in [-0.4, -0.2) is 11.5 Å². The second-order valence-electron chi connectivity index (χ2n) is 4.68. The lowest BCUT2D eigenvalue weighted by Gasteiger charge is -2.23. The van der Waals surface area contributed by atoms with Gasteiger partial charge in [-0.25, -0.2) is 4.98 Å². The molecule has 1 aromatic carbocycles. The molecule has 0 amide bonds. The first kappa shape index (κ1) is 13.9. The topological polar surface area (TPSA) is 65.9 Å². The van der Waals surface area contributed by atoms with Crippen molar-refractivity contribution in [3.8, 4) is 6.07 Å². The fourth-order valence-electron chi connectivity index (χ4n) is 2.10. The number of nitrogens with zero attached hydrogens (tertiary/aromatic N) is 3. The SMILES string of the molecule is CCCN(Cc1cccc(N)c1)c1ccc(C#N)cn1. The fraction of sp³-hybridized carbons (Fsp3) is 0.250. The molecule has 1 aromatic heterocycles. The molecule has 102 valence electrons. The lowest BCUT2D eigenvalue weighted by atomic mass is 10.2. The number of nitriles is 1. The Kier molecular flexibility index (Phi) is 4.56. The molecular formula is C16H18N4. The molecule has 1 heterocycles. The molecule has 0 aliphatic rings. The number of pyridine rings is 1. The maximum Gasteiger partial charge on any atom is 0.128 e. The third-order valence-corrected chi connectivity index (χ3v) is 3.02. The molecule has 2 N–H and O–H groups in total. The molecule has 0 spiro atoms. The first-order valence-corrected chi connectivity index (χ1v) is 6.68. The van der Waals surface area contributed by atoms with E-state index in [1.165, 1.54) is 0 Å². The monoisotopic (exact) mass is 266 g/mol. The molecule has 0 fully saturated rings. The van der Waals surface area contributed by atoms with E-state index in [0.717, 1.165) is 36.6 Å². The van der Waals surface area contributed by atoms with Crippen LogP contribution in [0.25, 0.3) is 0 Å². The average molecular weight is 266 g/mol. The second kappa shape index (κ2) is 6.58. The summed E-state index contributed by atoms with van der Waals surface area (Å²) in [6, 6.07) is 13.6. The standard InChI is InChI=1S/C16H18N4/c1-2-8-20(12-13-4-3-5-15(18)9-13)16-7-6-14(10-17)11-19-16/h3-7,9,11H,2,8,12,18H2,1H3. The lowest BCUT2D eigenvalue weighted by molar-refractivity contribution is 0.755. The summed E-state index contributed by atoms with van der Waals surface area (Å²) in [6.45, 7) is 3.81. The molecule has 0 atom stereocenters. The summed E-state index contributed by atoms with van der Waals surface area (Å²) in [4.78, 5) is 6.55. The van der Waals surface area contributed by atoms with Crippen LogP contribution in [0, 0.1) is 11.3 Å². The number of anilines is 2. The second-order valence-corrected chi connectivity index (χ2v) is 4.68. The molecule has 0 aliphatic carbocycles. The van der Waals surface area contributed by atoms with Crippen molar-refractivity contribution in [3.63, 3.8) is 0 Å². The van der Waals surface area contributed by atoms with E-state index in [4.69, 9.17) is 11.0 Å². The molecule has 0 radical (unpaired) electrons. The third kappa shape index (κ3) is 3.48. The highest BCUT2D eigenvalue weighted by atomic mass is 15.2. The van der Waals surface area contributed by atoms with Crippen molar-refractivity contribution in [2.24, 2.45) is 0 Å². The van der Waals surface area contributed by atoms with Gasteiger partial charge in [-0.2, -0.15) is 5.26 Å². The Labute approximate surface area is 119 Å². The zero-order valence-corrected chi connectivity index (χ0v) is 11.6. The average Bonchev–Trinajstić information content (AvgIpc) is 2.47. The molecule has 2 rings (SSSR count). The zero-order valence-electron chi connectivity index (χ0n) is 11.6. The van der Waals surface area contributed by atoms with Crippen LogP contribution in [0.4, 0.5) is 11.5 Å². The van der Waals surface area contributed by atoms with Crippen LogP contribution in [0.2, 0.25) is 0 Å². The summed E-state index contributed by atoms with van der Waals surface area (Å²) in [5.41, 5.74) is 8.32. The summed E-state index contributed by atoms with van der Waals surface area (Å²) in [5.74, 6) is 0.883. The van der Waals surface area contributed by atoms with Gasteiger partial charge in [0, 0.05) is 25.0 Å². The Morgan fingerprint density at radius 1 is 1.30 bits per heavy atom. The van der Waals surface area contributed by atoms with Crippen molar-refractivity contribution in [3.05, 3.63) is 53.7 Å². The Bertz CT molecular complexity index is 599. The molecule has 0 aliphatic heterocycles. The van der Waals surface area contributed by atoms with E-state index in [0.29, 0.717) is 5.56 Å². The highest BCUT2D eigenvalue weighted by molar-refractivity contribution is 5.45. The van der Waals surface area contributed by atoms with Gasteiger partial charge in [-0.1, -0.05) is 19.1 Å². The number of nitrogens with two attached hydrogens (primary N) is 1. The first-order chi connectivity index (χ1) is 9.72. The van der Waals surface area contributed by atoms with Gasteiger partial charge in [0.05, 0.1) is 5.56 Å². The molecule has 20 heavy (non-hydrogen) atoms. The predicted octanol–water partition coefficient (Wildman–Crippen LogP) is 2.95. The zero-order chi connectivity index (χ0) is 14.4. The van der Waals surface area contributed by atoms with E-state index in [9.17, 15) is 0 Å². The van der Waals surface area contributed by atoms with E-state index < -0.39 is 0 Å². The predicted molar refractivity (Wildman–Crippen MR) is 81.1 cm³/mol. The molecule has 0 bridgehead atoms. The number of hydrogen-bond acceptors (Lipinski definition) is 4. The summed E-state index contributed by atoms with van der Waals surface area (Å²) < 4.78 is 0. The third-order valence-electron chi connectivity index (χ3n) is 3.02. The number of rotatable bonds is 5. The van der Waals surface area contributed by atoms with Gasteiger partial charge < -0.3 is 10.6 Å². The molecule has 0 saturated carbocycles. The van der Waals surface area contributed by atoms with Gasteiger partial charge in [-0.05, 0) is 36.2 Å². The van der Waals surface area contributed by atoms with Crippen LogP contribution in [-0.2, 0) is 6.54 Å². The van der Waals surface area contributed by atoms with Gasteiger partial charge in [0.2, 0.25) is 0 Å². The smallest absolute Gasteiger partial charge is 0.128 e. The number of hydrogen-bond donors (Lipinski definition) is 1. The summed E-state index contributed by atoms with van der Waals surface area (Å²) >= 11 is 0. The molecule has 0 saturated heterocycles. The van der Waals surface area contributed by atoms with E-state index in [1.54, 1.807) is 12.3 Å². The first-order valence-electron chi connectivity index (χ1n) is 6.68. The lowest BCUT2D eigenvalue weighted by Crippen LogP contribution is -2.24. The maximum absolute atomic E-state index is 8.82. The van der Waals surface area contributed by atoms with E-state index in [2.05, 4.69) is 28.9 Å². The van der Waals surface area contributed by atoms with Crippen molar-refractivity contribution in [2.45, 2.75) is 19.9 Å². The maximum atomic E-state index is 8.82. The Hall–Kier alpha value is -2.54. The molecule has 4 nitrogen and oxygen atoms in total. The minimum Gasteiger partial charge on any atom is -0.399 e. The highest BCUT2D eigenvalue weighted by Crippen LogP contribution is 2.16. The van der Waals surface area contributed by atoms with Crippen LogP contribution < -0.4 is 10.6 Å².